The number of rotatable bonds is 5. The van der Waals surface area contributed by atoms with Gasteiger partial charge in [-0.05, 0) is 48.9 Å². The first-order valence-electron chi connectivity index (χ1n) is 8.18. The zero-order valence-electron chi connectivity index (χ0n) is 14.5. The monoisotopic (exact) mass is 361 g/mol. The van der Waals surface area contributed by atoms with Crippen LogP contribution >= 0.6 is 0 Å². The first-order chi connectivity index (χ1) is 13.0. The van der Waals surface area contributed by atoms with Gasteiger partial charge in [0, 0.05) is 35.8 Å². The topological polar surface area (TPSA) is 98.2 Å². The van der Waals surface area contributed by atoms with Crippen molar-refractivity contribution in [2.24, 2.45) is 0 Å². The summed E-state index contributed by atoms with van der Waals surface area (Å²) in [5, 5.41) is 20.2. The van der Waals surface area contributed by atoms with E-state index in [1.54, 1.807) is 60.3 Å². The fourth-order valence-electron chi connectivity index (χ4n) is 2.67. The number of carbonyl (C=O) groups is 1. The number of ether oxygens (including phenoxy) is 1. The summed E-state index contributed by atoms with van der Waals surface area (Å²) in [5.74, 6) is -0.388. The highest BCUT2D eigenvalue weighted by Gasteiger charge is 2.13. The molecular weight excluding hydrogens is 346 g/mol. The van der Waals surface area contributed by atoms with Crippen molar-refractivity contribution in [2.45, 2.75) is 6.92 Å². The molecule has 0 bridgehead atoms. The van der Waals surface area contributed by atoms with Crippen LogP contribution in [-0.4, -0.2) is 22.1 Å². The number of hydrogen-bond donors (Lipinski definition) is 0. The minimum absolute atomic E-state index is 0.00811. The van der Waals surface area contributed by atoms with E-state index in [1.165, 1.54) is 12.1 Å². The van der Waals surface area contributed by atoms with Gasteiger partial charge in [-0.2, -0.15) is 5.26 Å². The van der Waals surface area contributed by atoms with Crippen LogP contribution in [0.3, 0.4) is 0 Å². The first-order valence-corrected chi connectivity index (χ1v) is 8.18. The third-order valence-corrected chi connectivity index (χ3v) is 4.01. The number of aromatic nitrogens is 1. The zero-order valence-corrected chi connectivity index (χ0v) is 14.5. The normalized spacial score (nSPS) is 10.2. The number of esters is 1. The molecule has 0 radical (unpaired) electrons. The van der Waals surface area contributed by atoms with Crippen LogP contribution < -0.4 is 0 Å². The second kappa shape index (κ2) is 7.54. The molecular formula is C20H15N3O4. The molecule has 0 fully saturated rings. The van der Waals surface area contributed by atoms with Gasteiger partial charge in [0.2, 0.25) is 0 Å². The van der Waals surface area contributed by atoms with Crippen molar-refractivity contribution in [3.8, 4) is 22.9 Å². The van der Waals surface area contributed by atoms with Crippen LogP contribution in [0.25, 0.3) is 16.8 Å². The Labute approximate surface area is 155 Å². The molecule has 1 aromatic heterocycles. The molecule has 3 rings (SSSR count). The second-order valence-electron chi connectivity index (χ2n) is 5.68. The molecule has 7 nitrogen and oxygen atoms in total. The van der Waals surface area contributed by atoms with E-state index >= 15 is 0 Å². The summed E-state index contributed by atoms with van der Waals surface area (Å²) in [6, 6.07) is 15.0. The molecule has 0 amide bonds. The number of nitro benzene ring substituents is 1. The van der Waals surface area contributed by atoms with Crippen LogP contribution in [0.4, 0.5) is 5.69 Å². The highest BCUT2D eigenvalue weighted by Crippen LogP contribution is 2.28. The molecule has 27 heavy (non-hydrogen) atoms. The lowest BCUT2D eigenvalue weighted by Crippen LogP contribution is -2.04. The molecule has 3 aromatic rings. The molecule has 0 atom stereocenters. The molecule has 7 heteroatoms. The Bertz CT molecular complexity index is 1030. The Morgan fingerprint density at radius 3 is 2.37 bits per heavy atom. The first kappa shape index (κ1) is 17.9. The van der Waals surface area contributed by atoms with Gasteiger partial charge < -0.3 is 9.30 Å². The molecule has 0 unspecified atom stereocenters. The van der Waals surface area contributed by atoms with Crippen molar-refractivity contribution in [1.82, 2.24) is 4.57 Å². The summed E-state index contributed by atoms with van der Waals surface area (Å²) in [6.07, 6.45) is 3.45. The van der Waals surface area contributed by atoms with Crippen molar-refractivity contribution < 1.29 is 14.5 Å². The fraction of sp³-hybridized carbons (Fsp3) is 0.100. The molecule has 0 spiro atoms. The molecule has 0 saturated heterocycles. The minimum atomic E-state index is -0.467. The van der Waals surface area contributed by atoms with E-state index in [1.807, 2.05) is 0 Å². The molecule has 0 saturated carbocycles. The Hall–Kier alpha value is -3.92. The maximum atomic E-state index is 11.7. The van der Waals surface area contributed by atoms with Gasteiger partial charge in [-0.15, -0.1) is 0 Å². The number of nitro groups is 1. The van der Waals surface area contributed by atoms with E-state index in [-0.39, 0.29) is 11.7 Å². The summed E-state index contributed by atoms with van der Waals surface area (Å²) in [4.78, 5) is 22.1. The van der Waals surface area contributed by atoms with Crippen molar-refractivity contribution in [2.75, 3.05) is 6.61 Å². The highest BCUT2D eigenvalue weighted by molar-refractivity contribution is 5.89. The van der Waals surface area contributed by atoms with Gasteiger partial charge in [0.25, 0.3) is 5.69 Å². The Morgan fingerprint density at radius 2 is 1.81 bits per heavy atom. The van der Waals surface area contributed by atoms with Crippen LogP contribution in [0.5, 0.6) is 0 Å². The average molecular weight is 361 g/mol. The van der Waals surface area contributed by atoms with Gasteiger partial charge in [0.15, 0.2) is 0 Å². The van der Waals surface area contributed by atoms with Gasteiger partial charge in [-0.1, -0.05) is 0 Å². The highest BCUT2D eigenvalue weighted by atomic mass is 16.6. The summed E-state index contributed by atoms with van der Waals surface area (Å²) < 4.78 is 6.73. The average Bonchev–Trinajstić information content (AvgIpc) is 3.13. The van der Waals surface area contributed by atoms with Crippen molar-refractivity contribution >= 4 is 11.7 Å². The third kappa shape index (κ3) is 3.70. The second-order valence-corrected chi connectivity index (χ2v) is 5.68. The quantitative estimate of drug-likeness (QED) is 0.387. The van der Waals surface area contributed by atoms with Gasteiger partial charge in [-0.3, -0.25) is 10.1 Å². The maximum absolute atomic E-state index is 11.7. The van der Waals surface area contributed by atoms with Gasteiger partial charge >= 0.3 is 5.97 Å². The van der Waals surface area contributed by atoms with Crippen LogP contribution in [0.15, 0.2) is 60.9 Å². The smallest absolute Gasteiger partial charge is 0.338 e. The standard InChI is InChI=1S/C20H15N3O4/c1-2-27-20(24)15-5-7-17(8-6-15)22-12-16(11-21)19(13-22)14-3-9-18(10-4-14)23(25)26/h3-10,12-13H,2H2,1H3. The van der Waals surface area contributed by atoms with Crippen LogP contribution in [0, 0.1) is 21.4 Å². The van der Waals surface area contributed by atoms with Crippen LogP contribution in [0.1, 0.15) is 22.8 Å². The molecule has 0 N–H and O–H groups in total. The SMILES string of the molecule is CCOC(=O)c1ccc(-n2cc(C#N)c(-c3ccc([N+](=O)[O-])cc3)c2)cc1. The van der Waals surface area contributed by atoms with Gasteiger partial charge in [0.05, 0.1) is 22.7 Å². The van der Waals surface area contributed by atoms with Crippen molar-refractivity contribution in [3.63, 3.8) is 0 Å². The van der Waals surface area contributed by atoms with Crippen molar-refractivity contribution in [3.05, 3.63) is 82.2 Å². The predicted molar refractivity (Wildman–Crippen MR) is 98.5 cm³/mol. The molecule has 0 aliphatic carbocycles. The number of benzene rings is 2. The van der Waals surface area contributed by atoms with E-state index < -0.39 is 4.92 Å². The summed E-state index contributed by atoms with van der Waals surface area (Å²) in [7, 11) is 0. The van der Waals surface area contributed by atoms with Gasteiger partial charge in [-0.25, -0.2) is 4.79 Å². The molecule has 134 valence electrons. The number of nitrogens with zero attached hydrogens (tertiary/aromatic N) is 3. The minimum Gasteiger partial charge on any atom is -0.462 e. The Morgan fingerprint density at radius 1 is 1.15 bits per heavy atom. The lowest BCUT2D eigenvalue weighted by atomic mass is 10.1. The zero-order chi connectivity index (χ0) is 19.4. The van der Waals surface area contributed by atoms with Gasteiger partial charge in [0.1, 0.15) is 6.07 Å². The molecule has 0 aliphatic rings. The Balaban J connectivity index is 1.93. The largest absolute Gasteiger partial charge is 0.462 e. The number of non-ortho nitro benzene ring substituents is 1. The number of hydrogen-bond acceptors (Lipinski definition) is 5. The summed E-state index contributed by atoms with van der Waals surface area (Å²) >= 11 is 0. The van der Waals surface area contributed by atoms with E-state index in [9.17, 15) is 20.2 Å². The number of nitriles is 1. The predicted octanol–water partition coefficient (Wildman–Crippen LogP) is 4.10. The lowest BCUT2D eigenvalue weighted by Gasteiger charge is -2.05. The third-order valence-electron chi connectivity index (χ3n) is 4.01. The van der Waals surface area contributed by atoms with E-state index in [4.69, 9.17) is 4.74 Å². The van der Waals surface area contributed by atoms with Crippen LogP contribution in [-0.2, 0) is 4.74 Å². The van der Waals surface area contributed by atoms with E-state index in [0.717, 1.165) is 5.69 Å². The Kier molecular flexibility index (Phi) is 4.99. The lowest BCUT2D eigenvalue weighted by molar-refractivity contribution is -0.384. The summed E-state index contributed by atoms with van der Waals surface area (Å²) in [6.45, 7) is 2.05. The molecule has 2 aromatic carbocycles. The molecule has 0 aliphatic heterocycles. The number of carbonyl (C=O) groups excluding carboxylic acids is 1. The fourth-order valence-corrected chi connectivity index (χ4v) is 2.67. The van der Waals surface area contributed by atoms with Crippen molar-refractivity contribution in [1.29, 1.82) is 5.26 Å². The van der Waals surface area contributed by atoms with E-state index in [2.05, 4.69) is 6.07 Å². The molecule has 1 heterocycles. The van der Waals surface area contributed by atoms with E-state index in [0.29, 0.717) is 28.9 Å². The van der Waals surface area contributed by atoms with Crippen LogP contribution in [0.2, 0.25) is 0 Å². The summed E-state index contributed by atoms with van der Waals surface area (Å²) in [5.41, 5.74) is 3.03. The maximum Gasteiger partial charge on any atom is 0.338 e.